The number of hydrogen-bond acceptors (Lipinski definition) is 11. The van der Waals surface area contributed by atoms with E-state index in [-0.39, 0.29) is 36.3 Å². The highest BCUT2D eigenvalue weighted by atomic mass is 16.6. The molecule has 5 aromatic carbocycles. The second-order valence-corrected chi connectivity index (χ2v) is 17.8. The third-order valence-corrected chi connectivity index (χ3v) is 13.5. The zero-order valence-corrected chi connectivity index (χ0v) is 37.3. The molecule has 4 heterocycles. The molecule has 5 aromatic rings. The van der Waals surface area contributed by atoms with Gasteiger partial charge in [0, 0.05) is 56.1 Å². The van der Waals surface area contributed by atoms with Gasteiger partial charge in [-0.3, -0.25) is 19.7 Å². The monoisotopic (exact) mass is 877 g/mol. The van der Waals surface area contributed by atoms with Crippen LogP contribution in [0.5, 0.6) is 23.0 Å². The smallest absolute Gasteiger partial charge is 0.274 e. The van der Waals surface area contributed by atoms with Crippen LogP contribution in [-0.2, 0) is 20.4 Å². The van der Waals surface area contributed by atoms with Crippen molar-refractivity contribution < 1.29 is 38.6 Å². The number of non-ortho nitro benzene ring substituents is 1. The summed E-state index contributed by atoms with van der Waals surface area (Å²) in [6.45, 7) is 11.8. The van der Waals surface area contributed by atoms with E-state index in [9.17, 15) is 24.6 Å². The van der Waals surface area contributed by atoms with Crippen molar-refractivity contribution >= 4 is 58.1 Å². The van der Waals surface area contributed by atoms with E-state index in [4.69, 9.17) is 18.9 Å². The number of fused-ring (bicyclic) bond motifs is 4. The molecule has 9 rings (SSSR count). The van der Waals surface area contributed by atoms with Gasteiger partial charge in [0.05, 0.1) is 42.1 Å². The van der Waals surface area contributed by atoms with Crippen LogP contribution in [0, 0.1) is 28.9 Å². The fourth-order valence-electron chi connectivity index (χ4n) is 9.96. The minimum Gasteiger partial charge on any atom is -0.493 e. The molecule has 0 bridgehead atoms. The third kappa shape index (κ3) is 6.47. The van der Waals surface area contributed by atoms with E-state index in [0.717, 1.165) is 33.6 Å². The van der Waals surface area contributed by atoms with Crippen molar-refractivity contribution in [3.8, 4) is 23.0 Å². The number of aryl methyl sites for hydroxylation is 2. The van der Waals surface area contributed by atoms with Crippen molar-refractivity contribution in [2.24, 2.45) is 0 Å². The van der Waals surface area contributed by atoms with Crippen molar-refractivity contribution in [2.45, 2.75) is 63.8 Å². The van der Waals surface area contributed by atoms with Gasteiger partial charge >= 0.3 is 0 Å². The molecule has 0 fully saturated rings. The number of carbonyl (C=O) groups is 2. The number of nitro benzene ring substituents is 1. The highest BCUT2D eigenvalue weighted by Crippen LogP contribution is 2.58. The molecule has 0 saturated carbocycles. The number of anilines is 4. The molecule has 3 N–H and O–H groups in total. The molecule has 15 heteroatoms. The number of ether oxygens (including phenoxy) is 4. The van der Waals surface area contributed by atoms with E-state index < -0.39 is 27.2 Å². The van der Waals surface area contributed by atoms with Crippen LogP contribution in [0.1, 0.15) is 61.1 Å². The number of benzene rings is 5. The van der Waals surface area contributed by atoms with Gasteiger partial charge < -0.3 is 39.4 Å². The van der Waals surface area contributed by atoms with Crippen molar-refractivity contribution in [1.82, 2.24) is 0 Å². The maximum Gasteiger partial charge on any atom is 0.274 e. The van der Waals surface area contributed by atoms with Crippen LogP contribution in [0.2, 0.25) is 0 Å². The Hall–Kier alpha value is -7.68. The molecule has 0 aromatic heterocycles. The lowest BCUT2D eigenvalue weighted by atomic mass is 9.76. The highest BCUT2D eigenvalue weighted by Gasteiger charge is 2.61. The van der Waals surface area contributed by atoms with Crippen LogP contribution < -0.4 is 44.6 Å². The van der Waals surface area contributed by atoms with Crippen LogP contribution in [0.4, 0.5) is 34.1 Å². The molecular weight excluding hydrogens is 829 g/mol. The molecule has 15 nitrogen and oxygen atoms in total. The molecule has 65 heavy (non-hydrogen) atoms. The van der Waals surface area contributed by atoms with E-state index in [2.05, 4.69) is 24.5 Å². The first-order chi connectivity index (χ1) is 31.0. The molecule has 4 aliphatic rings. The number of hydrogen-bond donors (Lipinski definition) is 3. The quantitative estimate of drug-likeness (QED) is 0.0923. The fourth-order valence-corrected chi connectivity index (χ4v) is 9.96. The van der Waals surface area contributed by atoms with Gasteiger partial charge in [-0.2, -0.15) is 0 Å². The number of nitrogens with one attached hydrogen (secondary N) is 3. The summed E-state index contributed by atoms with van der Waals surface area (Å²) in [5.74, 6) is 0.790. The highest BCUT2D eigenvalue weighted by molar-refractivity contribution is 5.99. The number of nitroso groups, excluding NO2 is 1. The number of amides is 2. The van der Waals surface area contributed by atoms with Crippen molar-refractivity contribution in [3.05, 3.63) is 145 Å². The Morgan fingerprint density at radius 2 is 1.14 bits per heavy atom. The Balaban J connectivity index is 0.964. The molecule has 0 radical (unpaired) electrons. The minimum absolute atomic E-state index is 0.0707. The summed E-state index contributed by atoms with van der Waals surface area (Å²) in [6.07, 6.45) is 7.48. The Labute approximate surface area is 375 Å². The maximum absolute atomic E-state index is 14.2. The maximum atomic E-state index is 14.2. The molecule has 0 saturated heterocycles. The summed E-state index contributed by atoms with van der Waals surface area (Å²) in [5, 5.41) is 19.9. The summed E-state index contributed by atoms with van der Waals surface area (Å²) >= 11 is 0. The predicted molar refractivity (Wildman–Crippen MR) is 248 cm³/mol. The van der Waals surface area contributed by atoms with Gasteiger partial charge in [-0.05, 0) is 112 Å². The van der Waals surface area contributed by atoms with Crippen LogP contribution in [-0.4, -0.2) is 55.5 Å². The minimum atomic E-state index is -1.21. The number of nitrogens with zero attached hydrogens (tertiary/aromatic N) is 3. The average molecular weight is 878 g/mol. The van der Waals surface area contributed by atoms with Crippen LogP contribution in [0.15, 0.2) is 97.1 Å². The summed E-state index contributed by atoms with van der Waals surface area (Å²) in [7, 11) is 2.95. The number of rotatable bonds is 10. The topological polar surface area (TPSA) is 176 Å². The van der Waals surface area contributed by atoms with Gasteiger partial charge in [-0.15, -0.1) is 0 Å². The van der Waals surface area contributed by atoms with E-state index in [1.165, 1.54) is 26.4 Å². The molecule has 4 aliphatic heterocycles. The second kappa shape index (κ2) is 15.2. The van der Waals surface area contributed by atoms with Gasteiger partial charge in [0.15, 0.2) is 23.0 Å². The number of nitro groups is 1. The standard InChI is InChI=1S/C50H48N6O9/c1-29-22-38(52-44(58)28-55-40-16-12-10-14-36(40)48(5,6)50(55)20-18-32-24-34(56(60)61)26-42(63-8)46(32)65-50)30(2)21-37(29)51-43(57)27-54-39-15-11-9-13-35(39)47(3,4)49(54)19-17-31-23-33(53-59)25-41(62-7)45(31)64-49/h9-26H,27-28H2,1-8H3,(H,51,57)(H,52,58)/p+1. The normalized spacial score (nSPS) is 19.9. The van der Waals surface area contributed by atoms with Crippen LogP contribution in [0.3, 0.4) is 0 Å². The van der Waals surface area contributed by atoms with E-state index >= 15 is 0 Å². The molecule has 2 amide bonds. The van der Waals surface area contributed by atoms with Crippen molar-refractivity contribution in [2.75, 3.05) is 47.7 Å². The average Bonchev–Trinajstić information content (AvgIpc) is 3.57. The molecular formula is C50H49N6O9+. The first-order valence-electron chi connectivity index (χ1n) is 21.2. The Kier molecular flexibility index (Phi) is 10.00. The van der Waals surface area contributed by atoms with E-state index in [0.29, 0.717) is 45.4 Å². The third-order valence-electron chi connectivity index (χ3n) is 13.5. The number of methoxy groups -OCH3 is 2. The SMILES string of the molecule is COc1cc([NH+]=O)cc2c1OC1(C=C2)N(CC(=O)Nc2cc(C)c(NC(=O)CN3c4ccccc4C(C)(C)C34C=Cc3cc([N+](=O)[O-])cc(OC)c3O4)cc2C)c2ccccc2C1(C)C. The van der Waals surface area contributed by atoms with Gasteiger partial charge in [0.25, 0.3) is 11.4 Å². The van der Waals surface area contributed by atoms with Crippen molar-refractivity contribution in [3.63, 3.8) is 0 Å². The first kappa shape index (κ1) is 42.6. The summed E-state index contributed by atoms with van der Waals surface area (Å²) < 4.78 is 25.1. The van der Waals surface area contributed by atoms with Crippen molar-refractivity contribution in [1.29, 1.82) is 0 Å². The van der Waals surface area contributed by atoms with E-state index in [1.807, 2.05) is 122 Å². The molecule has 0 aliphatic carbocycles. The van der Waals surface area contributed by atoms with E-state index in [1.54, 1.807) is 18.2 Å². The molecule has 2 atom stereocenters. The van der Waals surface area contributed by atoms with Gasteiger partial charge in [-0.25, -0.2) is 0 Å². The molecule has 2 unspecified atom stereocenters. The summed E-state index contributed by atoms with van der Waals surface area (Å²) in [4.78, 5) is 55.2. The molecule has 2 spiro atoms. The Morgan fingerprint density at radius 1 is 0.692 bits per heavy atom. The summed E-state index contributed by atoms with van der Waals surface area (Å²) in [5.41, 5.74) is 3.89. The zero-order chi connectivity index (χ0) is 46.2. The second-order valence-electron chi connectivity index (χ2n) is 17.8. The van der Waals surface area contributed by atoms with Crippen LogP contribution in [0.25, 0.3) is 12.2 Å². The Bertz CT molecular complexity index is 2920. The first-order valence-corrected chi connectivity index (χ1v) is 21.2. The number of para-hydroxylation sites is 2. The number of carbonyl (C=O) groups excluding carboxylic acids is 2. The van der Waals surface area contributed by atoms with Gasteiger partial charge in [0.1, 0.15) is 13.1 Å². The fraction of sp³-hybridized carbons (Fsp3) is 0.280. The largest absolute Gasteiger partial charge is 0.493 e. The van der Waals surface area contributed by atoms with Crippen LogP contribution >= 0.6 is 0 Å². The summed E-state index contributed by atoms with van der Waals surface area (Å²) in [6, 6.07) is 25.5. The van der Waals surface area contributed by atoms with Gasteiger partial charge in [-0.1, -0.05) is 36.4 Å². The lowest BCUT2D eigenvalue weighted by Gasteiger charge is -2.47. The lowest BCUT2D eigenvalue weighted by Crippen LogP contribution is -2.61. The molecule has 332 valence electrons. The van der Waals surface area contributed by atoms with Gasteiger partial charge in [0.2, 0.25) is 23.3 Å². The zero-order valence-electron chi connectivity index (χ0n) is 37.3. The lowest BCUT2D eigenvalue weighted by molar-refractivity contribution is -0.385. The Morgan fingerprint density at radius 3 is 1.58 bits per heavy atom. The predicted octanol–water partition coefficient (Wildman–Crippen LogP) is 7.78.